The van der Waals surface area contributed by atoms with Crippen molar-refractivity contribution >= 4 is 7.12 Å². The topological polar surface area (TPSA) is 18.5 Å². The molecule has 0 aromatic rings. The Morgan fingerprint density at radius 1 is 1.00 bits per heavy atom. The van der Waals surface area contributed by atoms with Crippen LogP contribution in [0.15, 0.2) is 12.2 Å². The standard InChI is InChI=1S/C13H25BO2/c1-8-9-11(10(2)3)14-15-12(4,5)13(6,7)16-14/h8-11H,1-7H3/b9-8+/t11-/m0/s1. The predicted octanol–water partition coefficient (Wildman–Crippen LogP) is 3.68. The van der Waals surface area contributed by atoms with E-state index in [-0.39, 0.29) is 18.3 Å². The van der Waals surface area contributed by atoms with Gasteiger partial charge in [0.15, 0.2) is 0 Å². The van der Waals surface area contributed by atoms with Crippen LogP contribution < -0.4 is 0 Å². The Morgan fingerprint density at radius 3 is 1.75 bits per heavy atom. The molecule has 0 amide bonds. The summed E-state index contributed by atoms with van der Waals surface area (Å²) in [6.45, 7) is 14.8. The molecule has 2 nitrogen and oxygen atoms in total. The lowest BCUT2D eigenvalue weighted by Crippen LogP contribution is -2.41. The van der Waals surface area contributed by atoms with Crippen LogP contribution in [0.2, 0.25) is 5.82 Å². The number of allylic oxidation sites excluding steroid dienone is 2. The van der Waals surface area contributed by atoms with E-state index >= 15 is 0 Å². The van der Waals surface area contributed by atoms with Crippen LogP contribution in [-0.2, 0) is 9.31 Å². The molecule has 3 heteroatoms. The van der Waals surface area contributed by atoms with Crippen LogP contribution >= 0.6 is 0 Å². The van der Waals surface area contributed by atoms with Gasteiger partial charge in [-0.3, -0.25) is 0 Å². The van der Waals surface area contributed by atoms with Gasteiger partial charge < -0.3 is 9.31 Å². The van der Waals surface area contributed by atoms with Crippen molar-refractivity contribution < 1.29 is 9.31 Å². The van der Waals surface area contributed by atoms with Gasteiger partial charge in [-0.2, -0.15) is 0 Å². The number of rotatable bonds is 3. The SMILES string of the molecule is C/C=C/[C@H](B1OC(C)(C)C(C)(C)O1)C(C)C. The molecule has 1 atom stereocenters. The Balaban J connectivity index is 2.85. The fourth-order valence-corrected chi connectivity index (χ4v) is 1.90. The summed E-state index contributed by atoms with van der Waals surface area (Å²) in [4.78, 5) is 0. The highest BCUT2D eigenvalue weighted by Crippen LogP contribution is 2.42. The first-order chi connectivity index (χ1) is 7.21. The summed E-state index contributed by atoms with van der Waals surface area (Å²) in [5.41, 5.74) is -0.460. The Bertz CT molecular complexity index is 253. The van der Waals surface area contributed by atoms with Crippen LogP contribution in [0.1, 0.15) is 48.5 Å². The van der Waals surface area contributed by atoms with Crippen LogP contribution in [-0.4, -0.2) is 18.3 Å². The molecule has 1 aliphatic heterocycles. The van der Waals surface area contributed by atoms with Gasteiger partial charge in [0.1, 0.15) is 0 Å². The molecule has 0 aliphatic carbocycles. The fourth-order valence-electron chi connectivity index (χ4n) is 1.90. The van der Waals surface area contributed by atoms with Crippen molar-refractivity contribution in [2.24, 2.45) is 5.92 Å². The molecule has 1 aliphatic rings. The van der Waals surface area contributed by atoms with E-state index < -0.39 is 0 Å². The van der Waals surface area contributed by atoms with E-state index in [0.717, 1.165) is 0 Å². The average Bonchev–Trinajstić information content (AvgIpc) is 2.31. The molecule has 0 spiro atoms. The van der Waals surface area contributed by atoms with E-state index in [1.54, 1.807) is 0 Å². The third-order valence-corrected chi connectivity index (χ3v) is 3.77. The van der Waals surface area contributed by atoms with Gasteiger partial charge in [-0.1, -0.05) is 26.0 Å². The van der Waals surface area contributed by atoms with Gasteiger partial charge in [0.05, 0.1) is 11.2 Å². The molecule has 1 saturated heterocycles. The van der Waals surface area contributed by atoms with E-state index in [4.69, 9.17) is 9.31 Å². The third-order valence-electron chi connectivity index (χ3n) is 3.77. The highest BCUT2D eigenvalue weighted by molar-refractivity contribution is 6.48. The summed E-state index contributed by atoms with van der Waals surface area (Å²) < 4.78 is 12.1. The Morgan fingerprint density at radius 2 is 1.44 bits per heavy atom. The van der Waals surface area contributed by atoms with Crippen molar-refractivity contribution in [3.05, 3.63) is 12.2 Å². The smallest absolute Gasteiger partial charge is 0.403 e. The maximum Gasteiger partial charge on any atom is 0.465 e. The second kappa shape index (κ2) is 4.54. The lowest BCUT2D eigenvalue weighted by molar-refractivity contribution is 0.00578. The number of hydrogen-bond acceptors (Lipinski definition) is 2. The molecule has 0 N–H and O–H groups in total. The first-order valence-corrected chi connectivity index (χ1v) is 6.20. The highest BCUT2D eigenvalue weighted by Gasteiger charge is 2.53. The van der Waals surface area contributed by atoms with Gasteiger partial charge in [-0.05, 0) is 40.5 Å². The van der Waals surface area contributed by atoms with Gasteiger partial charge in [-0.25, -0.2) is 0 Å². The van der Waals surface area contributed by atoms with E-state index in [0.29, 0.717) is 11.7 Å². The van der Waals surface area contributed by atoms with Crippen LogP contribution in [0.4, 0.5) is 0 Å². The van der Waals surface area contributed by atoms with Crippen LogP contribution in [0, 0.1) is 5.92 Å². The fraction of sp³-hybridized carbons (Fsp3) is 0.846. The van der Waals surface area contributed by atoms with Crippen LogP contribution in [0.3, 0.4) is 0 Å². The van der Waals surface area contributed by atoms with Crippen LogP contribution in [0.5, 0.6) is 0 Å². The summed E-state index contributed by atoms with van der Waals surface area (Å²) >= 11 is 0. The van der Waals surface area contributed by atoms with Gasteiger partial charge in [0, 0.05) is 5.82 Å². The molecule has 0 radical (unpaired) electrons. The van der Waals surface area contributed by atoms with Crippen molar-refractivity contribution in [3.8, 4) is 0 Å². The highest BCUT2D eigenvalue weighted by atomic mass is 16.7. The van der Waals surface area contributed by atoms with Crippen molar-refractivity contribution in [1.82, 2.24) is 0 Å². The maximum absolute atomic E-state index is 6.07. The van der Waals surface area contributed by atoms with Gasteiger partial charge in [0.25, 0.3) is 0 Å². The van der Waals surface area contributed by atoms with E-state index in [9.17, 15) is 0 Å². The first-order valence-electron chi connectivity index (χ1n) is 6.20. The van der Waals surface area contributed by atoms with Crippen molar-refractivity contribution in [2.45, 2.75) is 65.5 Å². The van der Waals surface area contributed by atoms with Crippen LogP contribution in [0.25, 0.3) is 0 Å². The zero-order chi connectivity index (χ0) is 12.6. The minimum atomic E-state index is -0.230. The minimum absolute atomic E-state index is 0.124. The normalized spacial score (nSPS) is 25.6. The average molecular weight is 224 g/mol. The zero-order valence-electron chi connectivity index (χ0n) is 11.7. The first kappa shape index (κ1) is 13.8. The lowest BCUT2D eigenvalue weighted by Gasteiger charge is -2.32. The zero-order valence-corrected chi connectivity index (χ0v) is 11.7. The second-order valence-electron chi connectivity index (χ2n) is 5.97. The quantitative estimate of drug-likeness (QED) is 0.537. The number of hydrogen-bond donors (Lipinski definition) is 0. The molecular weight excluding hydrogens is 199 g/mol. The van der Waals surface area contributed by atoms with Crippen molar-refractivity contribution in [1.29, 1.82) is 0 Å². The second-order valence-corrected chi connectivity index (χ2v) is 5.97. The van der Waals surface area contributed by atoms with E-state index in [1.165, 1.54) is 0 Å². The lowest BCUT2D eigenvalue weighted by atomic mass is 9.66. The molecule has 1 heterocycles. The van der Waals surface area contributed by atoms with Gasteiger partial charge in [-0.15, -0.1) is 0 Å². The van der Waals surface area contributed by atoms with Gasteiger partial charge >= 0.3 is 7.12 Å². The molecule has 0 aromatic carbocycles. The summed E-state index contributed by atoms with van der Waals surface area (Å²) in [6, 6.07) is 0. The maximum atomic E-state index is 6.07. The minimum Gasteiger partial charge on any atom is -0.403 e. The summed E-state index contributed by atoms with van der Waals surface area (Å²) in [7, 11) is -0.124. The van der Waals surface area contributed by atoms with Crippen molar-refractivity contribution in [3.63, 3.8) is 0 Å². The van der Waals surface area contributed by atoms with Crippen molar-refractivity contribution in [2.75, 3.05) is 0 Å². The van der Waals surface area contributed by atoms with E-state index in [2.05, 4.69) is 53.7 Å². The Hall–Kier alpha value is -0.275. The summed E-state index contributed by atoms with van der Waals surface area (Å²) in [5.74, 6) is 0.844. The molecule has 0 unspecified atom stereocenters. The monoisotopic (exact) mass is 224 g/mol. The summed E-state index contributed by atoms with van der Waals surface area (Å²) in [6.07, 6.45) is 4.27. The Labute approximate surface area is 101 Å². The molecule has 1 rings (SSSR count). The molecule has 92 valence electrons. The largest absolute Gasteiger partial charge is 0.465 e. The summed E-state index contributed by atoms with van der Waals surface area (Å²) in [5, 5.41) is 0. The molecule has 0 bridgehead atoms. The molecule has 0 saturated carbocycles. The Kier molecular flexibility index (Phi) is 3.91. The molecule has 0 aromatic heterocycles. The van der Waals surface area contributed by atoms with E-state index in [1.807, 2.05) is 6.92 Å². The third kappa shape index (κ3) is 2.52. The molecule has 16 heavy (non-hydrogen) atoms. The molecule has 1 fully saturated rings. The van der Waals surface area contributed by atoms with Gasteiger partial charge in [0.2, 0.25) is 0 Å². The predicted molar refractivity (Wildman–Crippen MR) is 69.5 cm³/mol. The molecular formula is C13H25BO2.